The van der Waals surface area contributed by atoms with E-state index in [4.69, 9.17) is 9.47 Å². The monoisotopic (exact) mass is 691 g/mol. The van der Waals surface area contributed by atoms with E-state index in [-0.39, 0.29) is 37.5 Å². The van der Waals surface area contributed by atoms with Crippen LogP contribution in [0, 0.1) is 11.8 Å². The number of carbonyl (C=O) groups excluding carboxylic acids is 5. The van der Waals surface area contributed by atoms with Gasteiger partial charge in [-0.05, 0) is 61.8 Å². The van der Waals surface area contributed by atoms with Gasteiger partial charge < -0.3 is 35.1 Å². The third-order valence-corrected chi connectivity index (χ3v) is 8.82. The molecule has 1 aliphatic heterocycles. The number of amides is 3. The Kier molecular flexibility index (Phi) is 13.5. The molecule has 13 nitrogen and oxygen atoms in total. The highest BCUT2D eigenvalue weighted by molar-refractivity contribution is 5.93. The summed E-state index contributed by atoms with van der Waals surface area (Å²) in [5, 5.41) is 18.4. The predicted molar refractivity (Wildman–Crippen MR) is 185 cm³/mol. The first kappa shape index (κ1) is 38.0. The van der Waals surface area contributed by atoms with Gasteiger partial charge in [0.05, 0.1) is 31.5 Å². The predicted octanol–water partition coefficient (Wildman–Crippen LogP) is 2.85. The van der Waals surface area contributed by atoms with E-state index < -0.39 is 60.0 Å². The van der Waals surface area contributed by atoms with Crippen molar-refractivity contribution >= 4 is 40.4 Å². The maximum Gasteiger partial charge on any atom is 0.337 e. The molecule has 0 spiro atoms. The van der Waals surface area contributed by atoms with E-state index in [0.717, 1.165) is 16.3 Å². The lowest BCUT2D eigenvalue weighted by Gasteiger charge is -2.29. The molecule has 4 rings (SSSR count). The number of hydrogen-bond donors (Lipinski definition) is 4. The third kappa shape index (κ3) is 10.1. The van der Waals surface area contributed by atoms with E-state index in [2.05, 4.69) is 20.6 Å². The highest BCUT2D eigenvalue weighted by Crippen LogP contribution is 2.26. The van der Waals surface area contributed by atoms with Crippen LogP contribution in [0.15, 0.2) is 55.0 Å². The van der Waals surface area contributed by atoms with Crippen molar-refractivity contribution in [2.24, 2.45) is 11.8 Å². The zero-order chi connectivity index (χ0) is 36.4. The number of aromatic amines is 1. The quantitative estimate of drug-likeness (QED) is 0.164. The summed E-state index contributed by atoms with van der Waals surface area (Å²) < 4.78 is 10.1. The number of methoxy groups -OCH3 is 1. The van der Waals surface area contributed by atoms with Gasteiger partial charge in [-0.2, -0.15) is 0 Å². The smallest absolute Gasteiger partial charge is 0.337 e. The van der Waals surface area contributed by atoms with Gasteiger partial charge in [0.25, 0.3) is 0 Å². The van der Waals surface area contributed by atoms with Crippen molar-refractivity contribution in [3.8, 4) is 0 Å². The summed E-state index contributed by atoms with van der Waals surface area (Å²) in [6, 6.07) is 10.6. The molecule has 1 saturated heterocycles. The molecule has 2 aromatic carbocycles. The van der Waals surface area contributed by atoms with Crippen molar-refractivity contribution in [1.82, 2.24) is 25.5 Å². The number of aromatic nitrogens is 2. The largest absolute Gasteiger partial charge is 0.467 e. The van der Waals surface area contributed by atoms with Crippen molar-refractivity contribution < 1.29 is 38.6 Å². The van der Waals surface area contributed by atoms with Gasteiger partial charge in [0.2, 0.25) is 17.7 Å². The van der Waals surface area contributed by atoms with Crippen LogP contribution in [-0.4, -0.2) is 93.6 Å². The Morgan fingerprint density at radius 3 is 2.42 bits per heavy atom. The van der Waals surface area contributed by atoms with Gasteiger partial charge in [0.15, 0.2) is 6.10 Å². The standard InChI is InChI=1S/C37H49N5O8/c1-22(2)16-29(33(44)37(48)50-23(3)4)40-35(46)30(19-27-20-38-21-39-27)41-34(45)26(17-25-12-8-11-24-10-6-7-13-28(24)25)18-32(43)42-15-9-14-31(42)36(47)49-5/h6-8,10-13,20-23,26,29-31,33,44H,9,14-19H2,1-5H3,(H,38,39)(H,40,46)(H,41,45)/t26?,29-,30-,31+,33?/m0/s1. The number of nitrogens with zero attached hydrogens (tertiary/aromatic N) is 2. The summed E-state index contributed by atoms with van der Waals surface area (Å²) in [5.41, 5.74) is 1.41. The number of carbonyl (C=O) groups is 5. The number of hydrogen-bond acceptors (Lipinski definition) is 9. The molecule has 50 heavy (non-hydrogen) atoms. The van der Waals surface area contributed by atoms with Crippen LogP contribution in [-0.2, 0) is 46.3 Å². The second-order valence-electron chi connectivity index (χ2n) is 13.5. The third-order valence-electron chi connectivity index (χ3n) is 8.82. The Morgan fingerprint density at radius 2 is 1.74 bits per heavy atom. The molecule has 0 radical (unpaired) electrons. The number of imidazole rings is 1. The SMILES string of the molecule is COC(=O)[C@H]1CCCN1C(=O)CC(Cc1cccc2ccccc12)C(=O)N[C@@H](Cc1cnc[nH]1)C(=O)N[C@@H](CC(C)C)C(O)C(=O)OC(C)C. The van der Waals surface area contributed by atoms with Crippen molar-refractivity contribution in [3.05, 3.63) is 66.2 Å². The lowest BCUT2D eigenvalue weighted by atomic mass is 9.91. The van der Waals surface area contributed by atoms with Crippen LogP contribution in [0.5, 0.6) is 0 Å². The summed E-state index contributed by atoms with van der Waals surface area (Å²) in [6.45, 7) is 7.47. The number of aliphatic hydroxyl groups excluding tert-OH is 1. The Morgan fingerprint density at radius 1 is 1.00 bits per heavy atom. The van der Waals surface area contributed by atoms with E-state index in [0.29, 0.717) is 25.1 Å². The molecule has 270 valence electrons. The summed E-state index contributed by atoms with van der Waals surface area (Å²) >= 11 is 0. The number of benzene rings is 2. The van der Waals surface area contributed by atoms with Gasteiger partial charge >= 0.3 is 11.9 Å². The van der Waals surface area contributed by atoms with Crippen LogP contribution in [0.2, 0.25) is 0 Å². The van der Waals surface area contributed by atoms with E-state index in [1.807, 2.05) is 56.3 Å². The summed E-state index contributed by atoms with van der Waals surface area (Å²) in [7, 11) is 1.28. The van der Waals surface area contributed by atoms with Crippen LogP contribution < -0.4 is 10.6 Å². The number of rotatable bonds is 16. The van der Waals surface area contributed by atoms with Gasteiger partial charge in [-0.3, -0.25) is 14.4 Å². The topological polar surface area (TPSA) is 180 Å². The van der Waals surface area contributed by atoms with Crippen LogP contribution in [0.1, 0.15) is 64.6 Å². The highest BCUT2D eigenvalue weighted by Gasteiger charge is 2.38. The number of esters is 2. The Hall–Kier alpha value is -4.78. The summed E-state index contributed by atoms with van der Waals surface area (Å²) in [6.07, 6.45) is 2.24. The minimum absolute atomic E-state index is 0.00191. The molecular weight excluding hydrogens is 642 g/mol. The molecule has 5 atom stereocenters. The fourth-order valence-corrected chi connectivity index (χ4v) is 6.41. The maximum absolute atomic E-state index is 14.3. The van der Waals surface area contributed by atoms with Crippen LogP contribution in [0.4, 0.5) is 0 Å². The zero-order valence-corrected chi connectivity index (χ0v) is 29.4. The van der Waals surface area contributed by atoms with Crippen molar-refractivity contribution in [2.75, 3.05) is 13.7 Å². The molecule has 0 bridgehead atoms. The number of likely N-dealkylation sites (tertiary alicyclic amines) is 1. The summed E-state index contributed by atoms with van der Waals surface area (Å²) in [4.78, 5) is 75.5. The molecule has 3 amide bonds. The molecular formula is C37H49N5O8. The fourth-order valence-electron chi connectivity index (χ4n) is 6.41. The van der Waals surface area contributed by atoms with E-state index >= 15 is 0 Å². The first-order chi connectivity index (χ1) is 23.9. The minimum atomic E-state index is -1.63. The molecule has 3 aromatic rings. The Balaban J connectivity index is 1.63. The number of fused-ring (bicyclic) bond motifs is 1. The van der Waals surface area contributed by atoms with Gasteiger partial charge in [-0.1, -0.05) is 56.3 Å². The average Bonchev–Trinajstić information content (AvgIpc) is 3.79. The van der Waals surface area contributed by atoms with E-state index in [1.54, 1.807) is 13.8 Å². The van der Waals surface area contributed by atoms with Crippen LogP contribution in [0.3, 0.4) is 0 Å². The van der Waals surface area contributed by atoms with Gasteiger partial charge in [-0.25, -0.2) is 14.6 Å². The lowest BCUT2D eigenvalue weighted by Crippen LogP contribution is -2.56. The molecule has 1 fully saturated rings. The van der Waals surface area contributed by atoms with Crippen molar-refractivity contribution in [2.45, 2.75) is 96.6 Å². The number of nitrogens with one attached hydrogen (secondary N) is 3. The molecule has 4 N–H and O–H groups in total. The first-order valence-electron chi connectivity index (χ1n) is 17.2. The van der Waals surface area contributed by atoms with Crippen molar-refractivity contribution in [1.29, 1.82) is 0 Å². The van der Waals surface area contributed by atoms with Gasteiger partial charge in [0, 0.05) is 31.3 Å². The average molecular weight is 692 g/mol. The van der Waals surface area contributed by atoms with Gasteiger partial charge in [0.1, 0.15) is 12.1 Å². The maximum atomic E-state index is 14.3. The van der Waals surface area contributed by atoms with Crippen molar-refractivity contribution in [3.63, 3.8) is 0 Å². The summed E-state index contributed by atoms with van der Waals surface area (Å²) in [5.74, 6) is -3.81. The normalized spacial score (nSPS) is 16.9. The van der Waals surface area contributed by atoms with Crippen LogP contribution in [0.25, 0.3) is 10.8 Å². The van der Waals surface area contributed by atoms with E-state index in [1.165, 1.54) is 24.5 Å². The number of H-pyrrole nitrogens is 1. The minimum Gasteiger partial charge on any atom is -0.467 e. The lowest BCUT2D eigenvalue weighted by molar-refractivity contribution is -0.159. The molecule has 13 heteroatoms. The Labute approximate surface area is 292 Å². The molecule has 2 unspecified atom stereocenters. The molecule has 0 saturated carbocycles. The number of ether oxygens (including phenoxy) is 2. The zero-order valence-electron chi connectivity index (χ0n) is 29.4. The number of aliphatic hydroxyl groups is 1. The Bertz CT molecular complexity index is 1620. The molecule has 0 aliphatic carbocycles. The highest BCUT2D eigenvalue weighted by atomic mass is 16.6. The molecule has 1 aromatic heterocycles. The fraction of sp³-hybridized carbons (Fsp3) is 0.514. The van der Waals surface area contributed by atoms with E-state index in [9.17, 15) is 29.1 Å². The second-order valence-corrected chi connectivity index (χ2v) is 13.5. The molecule has 1 aliphatic rings. The van der Waals surface area contributed by atoms with Gasteiger partial charge in [-0.15, -0.1) is 0 Å². The first-order valence-corrected chi connectivity index (χ1v) is 17.2. The second kappa shape index (κ2) is 17.7. The van der Waals surface area contributed by atoms with Crippen LogP contribution >= 0.6 is 0 Å². The molecule has 2 heterocycles.